The Morgan fingerprint density at radius 3 is 2.77 bits per heavy atom. The maximum Gasteiger partial charge on any atom is 0.278 e. The third-order valence-electron chi connectivity index (χ3n) is 3.28. The Bertz CT molecular complexity index is 796. The smallest absolute Gasteiger partial charge is 0.278 e. The summed E-state index contributed by atoms with van der Waals surface area (Å²) in [5, 5.41) is 8.96. The standard InChI is InChI=1S/C16H13N3O2S/c1-20-15-16(21-2)19-13(8-18-15)12-6-11-4-3-10(7-17)5-14(11)22-9-12/h3-6,8H,9H2,1-2H3. The zero-order valence-electron chi connectivity index (χ0n) is 12.2. The molecule has 0 unspecified atom stereocenters. The molecule has 1 aliphatic heterocycles. The van der Waals surface area contributed by atoms with Crippen molar-refractivity contribution in [3.8, 4) is 17.8 Å². The van der Waals surface area contributed by atoms with Crippen LogP contribution in [-0.4, -0.2) is 29.9 Å². The summed E-state index contributed by atoms with van der Waals surface area (Å²) in [6.07, 6.45) is 3.76. The predicted octanol–water partition coefficient (Wildman–Crippen LogP) is 3.01. The molecule has 22 heavy (non-hydrogen) atoms. The summed E-state index contributed by atoms with van der Waals surface area (Å²) in [6, 6.07) is 7.84. The van der Waals surface area contributed by atoms with E-state index in [1.165, 1.54) is 7.11 Å². The molecular weight excluding hydrogens is 298 g/mol. The zero-order valence-corrected chi connectivity index (χ0v) is 13.0. The fraction of sp³-hybridized carbons (Fsp3) is 0.188. The number of nitriles is 1. The van der Waals surface area contributed by atoms with E-state index in [1.54, 1.807) is 25.1 Å². The largest absolute Gasteiger partial charge is 0.477 e. The Balaban J connectivity index is 1.99. The molecule has 2 heterocycles. The van der Waals surface area contributed by atoms with Crippen LogP contribution in [0.1, 0.15) is 16.8 Å². The molecule has 0 spiro atoms. The highest BCUT2D eigenvalue weighted by Crippen LogP contribution is 2.36. The zero-order chi connectivity index (χ0) is 15.5. The second-order valence-electron chi connectivity index (χ2n) is 4.60. The third kappa shape index (κ3) is 2.63. The van der Waals surface area contributed by atoms with Crippen LogP contribution in [0.2, 0.25) is 0 Å². The molecule has 0 saturated heterocycles. The monoisotopic (exact) mass is 311 g/mol. The van der Waals surface area contributed by atoms with Crippen molar-refractivity contribution < 1.29 is 9.47 Å². The van der Waals surface area contributed by atoms with Gasteiger partial charge in [0.1, 0.15) is 0 Å². The first-order valence-electron chi connectivity index (χ1n) is 6.58. The summed E-state index contributed by atoms with van der Waals surface area (Å²) < 4.78 is 10.3. The van der Waals surface area contributed by atoms with Crippen molar-refractivity contribution in [2.45, 2.75) is 4.90 Å². The molecule has 0 radical (unpaired) electrons. The Kier molecular flexibility index (Phi) is 3.98. The van der Waals surface area contributed by atoms with Crippen LogP contribution in [-0.2, 0) is 0 Å². The van der Waals surface area contributed by atoms with Gasteiger partial charge in [0.05, 0.1) is 37.7 Å². The van der Waals surface area contributed by atoms with Crippen molar-refractivity contribution in [2.75, 3.05) is 20.0 Å². The van der Waals surface area contributed by atoms with Gasteiger partial charge in [-0.3, -0.25) is 0 Å². The highest BCUT2D eigenvalue weighted by molar-refractivity contribution is 7.99. The van der Waals surface area contributed by atoms with E-state index in [-0.39, 0.29) is 0 Å². The lowest BCUT2D eigenvalue weighted by Gasteiger charge is -2.16. The molecule has 0 saturated carbocycles. The molecule has 0 bridgehead atoms. The number of rotatable bonds is 3. The Morgan fingerprint density at radius 2 is 2.05 bits per heavy atom. The van der Waals surface area contributed by atoms with E-state index >= 15 is 0 Å². The molecule has 1 aromatic carbocycles. The summed E-state index contributed by atoms with van der Waals surface area (Å²) in [7, 11) is 3.07. The molecule has 3 rings (SSSR count). The van der Waals surface area contributed by atoms with Crippen molar-refractivity contribution in [3.63, 3.8) is 0 Å². The number of hydrogen-bond donors (Lipinski definition) is 0. The van der Waals surface area contributed by atoms with E-state index in [0.717, 1.165) is 27.5 Å². The molecule has 0 fully saturated rings. The van der Waals surface area contributed by atoms with Gasteiger partial charge in [0.2, 0.25) is 0 Å². The number of methoxy groups -OCH3 is 2. The van der Waals surface area contributed by atoms with Crippen LogP contribution in [0, 0.1) is 11.3 Å². The van der Waals surface area contributed by atoms with Gasteiger partial charge in [-0.05, 0) is 29.3 Å². The molecule has 0 atom stereocenters. The summed E-state index contributed by atoms with van der Waals surface area (Å²) in [6.45, 7) is 0. The Hall–Kier alpha value is -2.52. The fourth-order valence-electron chi connectivity index (χ4n) is 2.17. The first-order chi connectivity index (χ1) is 10.7. The van der Waals surface area contributed by atoms with E-state index in [2.05, 4.69) is 22.1 Å². The van der Waals surface area contributed by atoms with Crippen molar-refractivity contribution in [1.82, 2.24) is 9.97 Å². The van der Waals surface area contributed by atoms with Crippen LogP contribution in [0.3, 0.4) is 0 Å². The lowest BCUT2D eigenvalue weighted by Crippen LogP contribution is -2.02. The molecule has 0 N–H and O–H groups in total. The van der Waals surface area contributed by atoms with E-state index in [0.29, 0.717) is 17.3 Å². The van der Waals surface area contributed by atoms with E-state index < -0.39 is 0 Å². The van der Waals surface area contributed by atoms with Crippen LogP contribution in [0.4, 0.5) is 0 Å². The minimum Gasteiger partial charge on any atom is -0.477 e. The van der Waals surface area contributed by atoms with Gasteiger partial charge < -0.3 is 9.47 Å². The van der Waals surface area contributed by atoms with Gasteiger partial charge in [-0.1, -0.05) is 6.07 Å². The number of ether oxygens (including phenoxy) is 2. The molecule has 110 valence electrons. The summed E-state index contributed by atoms with van der Waals surface area (Å²) in [5.41, 5.74) is 3.59. The average molecular weight is 311 g/mol. The first kappa shape index (κ1) is 14.4. The number of hydrogen-bond acceptors (Lipinski definition) is 6. The number of fused-ring (bicyclic) bond motifs is 1. The van der Waals surface area contributed by atoms with Crippen LogP contribution >= 0.6 is 11.8 Å². The first-order valence-corrected chi connectivity index (χ1v) is 7.56. The Morgan fingerprint density at radius 1 is 1.23 bits per heavy atom. The molecule has 1 aliphatic rings. The van der Waals surface area contributed by atoms with Crippen molar-refractivity contribution in [3.05, 3.63) is 41.2 Å². The second kappa shape index (κ2) is 6.08. The summed E-state index contributed by atoms with van der Waals surface area (Å²) >= 11 is 1.69. The van der Waals surface area contributed by atoms with Gasteiger partial charge in [-0.2, -0.15) is 5.26 Å². The topological polar surface area (TPSA) is 68.0 Å². The molecule has 5 nitrogen and oxygen atoms in total. The number of aromatic nitrogens is 2. The highest BCUT2D eigenvalue weighted by Gasteiger charge is 2.16. The number of benzene rings is 1. The molecule has 2 aromatic rings. The van der Waals surface area contributed by atoms with Gasteiger partial charge in [-0.25, -0.2) is 9.97 Å². The normalized spacial score (nSPS) is 12.9. The van der Waals surface area contributed by atoms with Crippen LogP contribution in [0.25, 0.3) is 11.6 Å². The lowest BCUT2D eigenvalue weighted by atomic mass is 10.1. The summed E-state index contributed by atoms with van der Waals surface area (Å²) in [5.74, 6) is 1.51. The van der Waals surface area contributed by atoms with Crippen molar-refractivity contribution in [2.24, 2.45) is 0 Å². The summed E-state index contributed by atoms with van der Waals surface area (Å²) in [4.78, 5) is 9.78. The van der Waals surface area contributed by atoms with Gasteiger partial charge in [0, 0.05) is 10.6 Å². The van der Waals surface area contributed by atoms with E-state index in [9.17, 15) is 0 Å². The molecule has 0 amide bonds. The SMILES string of the molecule is COc1ncc(C2=Cc3ccc(C#N)cc3SC2)nc1OC. The highest BCUT2D eigenvalue weighted by atomic mass is 32.2. The quantitative estimate of drug-likeness (QED) is 0.868. The maximum absolute atomic E-state index is 8.96. The maximum atomic E-state index is 8.96. The fourth-order valence-corrected chi connectivity index (χ4v) is 3.22. The van der Waals surface area contributed by atoms with Crippen molar-refractivity contribution >= 4 is 23.4 Å². The van der Waals surface area contributed by atoms with Crippen LogP contribution in [0.15, 0.2) is 29.3 Å². The predicted molar refractivity (Wildman–Crippen MR) is 84.9 cm³/mol. The average Bonchev–Trinajstić information content (AvgIpc) is 2.60. The molecule has 6 heteroatoms. The van der Waals surface area contributed by atoms with Gasteiger partial charge in [-0.15, -0.1) is 11.8 Å². The van der Waals surface area contributed by atoms with Gasteiger partial charge in [0.15, 0.2) is 0 Å². The van der Waals surface area contributed by atoms with E-state index in [1.807, 2.05) is 18.2 Å². The third-order valence-corrected chi connectivity index (χ3v) is 4.40. The van der Waals surface area contributed by atoms with Crippen LogP contribution < -0.4 is 9.47 Å². The van der Waals surface area contributed by atoms with Gasteiger partial charge >= 0.3 is 0 Å². The lowest BCUT2D eigenvalue weighted by molar-refractivity contribution is 0.331. The minimum atomic E-state index is 0.370. The molecule has 1 aromatic heterocycles. The van der Waals surface area contributed by atoms with Gasteiger partial charge in [0.25, 0.3) is 11.8 Å². The second-order valence-corrected chi connectivity index (χ2v) is 5.61. The minimum absolute atomic E-state index is 0.370. The number of nitrogens with zero attached hydrogens (tertiary/aromatic N) is 3. The van der Waals surface area contributed by atoms with E-state index in [4.69, 9.17) is 14.7 Å². The molecule has 0 aliphatic carbocycles. The van der Waals surface area contributed by atoms with Crippen molar-refractivity contribution in [1.29, 1.82) is 5.26 Å². The number of thioether (sulfide) groups is 1. The van der Waals surface area contributed by atoms with Crippen LogP contribution in [0.5, 0.6) is 11.8 Å². The Labute approximate surface area is 132 Å². The molecular formula is C16H13N3O2S.